The Hall–Kier alpha value is -1.43. The molecule has 3 nitrogen and oxygen atoms in total. The zero-order chi connectivity index (χ0) is 12.0. The molecule has 0 saturated carbocycles. The third-order valence-electron chi connectivity index (χ3n) is 1.64. The van der Waals surface area contributed by atoms with Crippen LogP contribution in [0.2, 0.25) is 0 Å². The molecule has 0 aliphatic carbocycles. The average molecular weight is 235 g/mol. The molecule has 6 heteroatoms. The summed E-state index contributed by atoms with van der Waals surface area (Å²) in [7, 11) is 0. The van der Waals surface area contributed by atoms with Gasteiger partial charge in [-0.3, -0.25) is 0 Å². The molecule has 0 aromatic heterocycles. The van der Waals surface area contributed by atoms with Crippen molar-refractivity contribution in [3.63, 3.8) is 0 Å². The van der Waals surface area contributed by atoms with Crippen molar-refractivity contribution in [2.75, 3.05) is 25.6 Å². The lowest BCUT2D eigenvalue weighted by Gasteiger charge is -2.09. The van der Waals surface area contributed by atoms with Gasteiger partial charge in [0.15, 0.2) is 0 Å². The minimum absolute atomic E-state index is 0.0694. The molecule has 0 spiro atoms. The average Bonchev–Trinajstić information content (AvgIpc) is 2.19. The summed E-state index contributed by atoms with van der Waals surface area (Å²) < 4.78 is 44.5. The van der Waals surface area contributed by atoms with Crippen LogP contribution in [0.25, 0.3) is 0 Å². The van der Waals surface area contributed by atoms with Crippen molar-refractivity contribution < 1.29 is 22.6 Å². The molecule has 0 bridgehead atoms. The summed E-state index contributed by atoms with van der Waals surface area (Å²) in [6, 6.07) is 6.57. The third kappa shape index (κ3) is 5.45. The number of anilines is 1. The first-order valence-corrected chi connectivity index (χ1v) is 4.60. The maximum Gasteiger partial charge on any atom is 0.411 e. The van der Waals surface area contributed by atoms with E-state index in [1.54, 1.807) is 24.3 Å². The van der Waals surface area contributed by atoms with Crippen LogP contribution in [0.4, 0.5) is 18.9 Å². The summed E-state index contributed by atoms with van der Waals surface area (Å²) in [5.74, 6) is 0.546. The number of alkyl halides is 3. The van der Waals surface area contributed by atoms with Gasteiger partial charge in [-0.2, -0.15) is 13.2 Å². The lowest BCUT2D eigenvalue weighted by molar-refractivity contribution is -0.175. The van der Waals surface area contributed by atoms with E-state index >= 15 is 0 Å². The number of rotatable bonds is 5. The predicted octanol–water partition coefficient (Wildman–Crippen LogP) is 2.23. The molecule has 0 aliphatic heterocycles. The van der Waals surface area contributed by atoms with E-state index in [9.17, 15) is 13.2 Å². The number of hydrogen-bond acceptors (Lipinski definition) is 3. The number of ether oxygens (including phenoxy) is 2. The maximum atomic E-state index is 11.7. The summed E-state index contributed by atoms with van der Waals surface area (Å²) in [5, 5.41) is 0. The molecule has 90 valence electrons. The van der Waals surface area contributed by atoms with Crippen molar-refractivity contribution in [3.05, 3.63) is 24.3 Å². The Kier molecular flexibility index (Phi) is 4.42. The van der Waals surface area contributed by atoms with Crippen LogP contribution in [-0.4, -0.2) is 26.0 Å². The molecule has 1 aromatic rings. The fourth-order valence-electron chi connectivity index (χ4n) is 0.970. The monoisotopic (exact) mass is 235 g/mol. The molecule has 0 fully saturated rings. The smallest absolute Gasteiger partial charge is 0.411 e. The minimum atomic E-state index is -4.29. The number of halogens is 3. The van der Waals surface area contributed by atoms with E-state index in [1.165, 1.54) is 0 Å². The molecule has 16 heavy (non-hydrogen) atoms. The Labute approximate surface area is 91.0 Å². The van der Waals surface area contributed by atoms with Crippen molar-refractivity contribution in [1.82, 2.24) is 0 Å². The maximum absolute atomic E-state index is 11.7. The lowest BCUT2D eigenvalue weighted by atomic mass is 10.3. The van der Waals surface area contributed by atoms with Gasteiger partial charge in [-0.05, 0) is 24.3 Å². The van der Waals surface area contributed by atoms with Gasteiger partial charge in [0.1, 0.15) is 19.0 Å². The van der Waals surface area contributed by atoms with E-state index in [4.69, 9.17) is 10.5 Å². The van der Waals surface area contributed by atoms with Crippen molar-refractivity contribution in [2.24, 2.45) is 0 Å². The molecular formula is C10H12F3NO2. The molecule has 2 N–H and O–H groups in total. The Morgan fingerprint density at radius 1 is 1.06 bits per heavy atom. The van der Waals surface area contributed by atoms with Crippen molar-refractivity contribution in [3.8, 4) is 5.75 Å². The normalized spacial score (nSPS) is 11.4. The van der Waals surface area contributed by atoms with Gasteiger partial charge in [0.05, 0.1) is 6.61 Å². The van der Waals surface area contributed by atoms with Gasteiger partial charge in [0.2, 0.25) is 0 Å². The quantitative estimate of drug-likeness (QED) is 0.628. The zero-order valence-electron chi connectivity index (χ0n) is 8.46. The van der Waals surface area contributed by atoms with Crippen LogP contribution < -0.4 is 10.5 Å². The Morgan fingerprint density at radius 3 is 2.25 bits per heavy atom. The molecule has 0 atom stereocenters. The molecule has 1 aromatic carbocycles. The molecule has 0 radical (unpaired) electrons. The van der Waals surface area contributed by atoms with Crippen LogP contribution in [0.1, 0.15) is 0 Å². The second-order valence-electron chi connectivity index (χ2n) is 3.09. The summed E-state index contributed by atoms with van der Waals surface area (Å²) in [6.45, 7) is -1.29. The summed E-state index contributed by atoms with van der Waals surface area (Å²) in [5.41, 5.74) is 6.04. The van der Waals surface area contributed by atoms with Crippen LogP contribution in [0.5, 0.6) is 5.75 Å². The molecule has 0 saturated heterocycles. The number of benzene rings is 1. The topological polar surface area (TPSA) is 44.5 Å². The molecule has 1 rings (SSSR count). The fourth-order valence-corrected chi connectivity index (χ4v) is 0.970. The lowest BCUT2D eigenvalue weighted by Crippen LogP contribution is -2.19. The van der Waals surface area contributed by atoms with E-state index in [2.05, 4.69) is 4.74 Å². The van der Waals surface area contributed by atoms with Gasteiger partial charge in [0.25, 0.3) is 0 Å². The van der Waals surface area contributed by atoms with Crippen molar-refractivity contribution in [1.29, 1.82) is 0 Å². The van der Waals surface area contributed by atoms with Crippen LogP contribution in [0, 0.1) is 0 Å². The summed E-state index contributed by atoms with van der Waals surface area (Å²) in [6.07, 6.45) is -4.29. The van der Waals surface area contributed by atoms with Crippen LogP contribution in [-0.2, 0) is 4.74 Å². The van der Waals surface area contributed by atoms with E-state index in [-0.39, 0.29) is 13.2 Å². The molecular weight excluding hydrogens is 223 g/mol. The highest BCUT2D eigenvalue weighted by atomic mass is 19.4. The van der Waals surface area contributed by atoms with E-state index in [1.807, 2.05) is 0 Å². The van der Waals surface area contributed by atoms with Gasteiger partial charge in [-0.25, -0.2) is 0 Å². The highest BCUT2D eigenvalue weighted by molar-refractivity contribution is 5.41. The minimum Gasteiger partial charge on any atom is -0.491 e. The SMILES string of the molecule is Nc1ccc(OCCOCC(F)(F)F)cc1. The fraction of sp³-hybridized carbons (Fsp3) is 0.400. The Bertz CT molecular complexity index is 311. The zero-order valence-corrected chi connectivity index (χ0v) is 8.46. The summed E-state index contributed by atoms with van der Waals surface area (Å²) in [4.78, 5) is 0. The van der Waals surface area contributed by atoms with Crippen LogP contribution >= 0.6 is 0 Å². The van der Waals surface area contributed by atoms with Crippen molar-refractivity contribution >= 4 is 5.69 Å². The summed E-state index contributed by atoms with van der Waals surface area (Å²) >= 11 is 0. The standard InChI is InChI=1S/C10H12F3NO2/c11-10(12,13)7-15-5-6-16-9-3-1-8(14)2-4-9/h1-4H,5-7,14H2. The largest absolute Gasteiger partial charge is 0.491 e. The number of nitrogens with two attached hydrogens (primary N) is 1. The first kappa shape index (κ1) is 12.6. The van der Waals surface area contributed by atoms with Gasteiger partial charge < -0.3 is 15.2 Å². The van der Waals surface area contributed by atoms with Crippen LogP contribution in [0.3, 0.4) is 0 Å². The van der Waals surface area contributed by atoms with Crippen LogP contribution in [0.15, 0.2) is 24.3 Å². The molecule has 0 heterocycles. The third-order valence-corrected chi connectivity index (χ3v) is 1.64. The Balaban J connectivity index is 2.14. The van der Waals surface area contributed by atoms with E-state index < -0.39 is 12.8 Å². The predicted molar refractivity (Wildman–Crippen MR) is 53.2 cm³/mol. The van der Waals surface area contributed by atoms with Gasteiger partial charge >= 0.3 is 6.18 Å². The second kappa shape index (κ2) is 5.60. The molecule has 0 amide bonds. The Morgan fingerprint density at radius 2 is 1.69 bits per heavy atom. The number of nitrogen functional groups attached to an aromatic ring is 1. The van der Waals surface area contributed by atoms with E-state index in [0.29, 0.717) is 11.4 Å². The van der Waals surface area contributed by atoms with Gasteiger partial charge in [-0.1, -0.05) is 0 Å². The highest BCUT2D eigenvalue weighted by Gasteiger charge is 2.27. The number of hydrogen-bond donors (Lipinski definition) is 1. The molecule has 0 aliphatic rings. The first-order valence-electron chi connectivity index (χ1n) is 4.60. The highest BCUT2D eigenvalue weighted by Crippen LogP contribution is 2.15. The van der Waals surface area contributed by atoms with E-state index in [0.717, 1.165) is 0 Å². The first-order chi connectivity index (χ1) is 7.47. The van der Waals surface area contributed by atoms with Crippen molar-refractivity contribution in [2.45, 2.75) is 6.18 Å². The van der Waals surface area contributed by atoms with Gasteiger partial charge in [-0.15, -0.1) is 0 Å². The van der Waals surface area contributed by atoms with Gasteiger partial charge in [0, 0.05) is 5.69 Å². The molecule has 0 unspecified atom stereocenters. The second-order valence-corrected chi connectivity index (χ2v) is 3.09.